The number of hydrogen-bond acceptors (Lipinski definition) is 2. The fraction of sp³-hybridized carbons (Fsp3) is 0.130. The predicted molar refractivity (Wildman–Crippen MR) is 105 cm³/mol. The summed E-state index contributed by atoms with van der Waals surface area (Å²) in [4.78, 5) is 27.5. The Balaban J connectivity index is 1.62. The molecular weight excluding hydrogens is 374 g/mol. The van der Waals surface area contributed by atoms with Gasteiger partial charge in [0, 0.05) is 30.3 Å². The van der Waals surface area contributed by atoms with Gasteiger partial charge in [0.2, 0.25) is 5.91 Å². The topological polar surface area (TPSA) is 49.4 Å². The van der Waals surface area contributed by atoms with Crippen LogP contribution in [0.3, 0.4) is 0 Å². The molecule has 0 spiro atoms. The van der Waals surface area contributed by atoms with Gasteiger partial charge < -0.3 is 10.2 Å². The number of anilines is 1. The highest BCUT2D eigenvalue weighted by atomic mass is 19.2. The number of rotatable bonds is 5. The molecule has 146 valence electrons. The second-order valence-corrected chi connectivity index (χ2v) is 6.91. The first-order valence-electron chi connectivity index (χ1n) is 9.21. The molecule has 2 amide bonds. The largest absolute Gasteiger partial charge is 0.324 e. The van der Waals surface area contributed by atoms with Crippen LogP contribution in [0.1, 0.15) is 21.5 Å². The lowest BCUT2D eigenvalue weighted by molar-refractivity contribution is -0.120. The Labute approximate surface area is 166 Å². The molecule has 1 aliphatic rings. The van der Waals surface area contributed by atoms with Gasteiger partial charge in [0.1, 0.15) is 6.04 Å². The van der Waals surface area contributed by atoms with Crippen molar-refractivity contribution in [3.63, 3.8) is 0 Å². The number of amides is 2. The molecule has 4 nitrogen and oxygen atoms in total. The molecule has 1 atom stereocenters. The van der Waals surface area contributed by atoms with E-state index in [9.17, 15) is 18.4 Å². The highest BCUT2D eigenvalue weighted by Gasteiger charge is 2.36. The average Bonchev–Trinajstić information content (AvgIpc) is 3.06. The van der Waals surface area contributed by atoms with Gasteiger partial charge in [-0.2, -0.15) is 0 Å². The molecule has 0 bridgehead atoms. The van der Waals surface area contributed by atoms with E-state index in [1.807, 2.05) is 42.5 Å². The molecule has 0 aromatic heterocycles. The summed E-state index contributed by atoms with van der Waals surface area (Å²) >= 11 is 0. The summed E-state index contributed by atoms with van der Waals surface area (Å²) in [5, 5.41) is 2.62. The maximum absolute atomic E-state index is 13.5. The Kier molecular flexibility index (Phi) is 5.08. The molecule has 4 rings (SSSR count). The van der Waals surface area contributed by atoms with Gasteiger partial charge in [-0.3, -0.25) is 9.59 Å². The highest BCUT2D eigenvalue weighted by molar-refractivity contribution is 6.03. The van der Waals surface area contributed by atoms with E-state index in [4.69, 9.17) is 0 Å². The molecule has 29 heavy (non-hydrogen) atoms. The smallest absolute Gasteiger partial charge is 0.255 e. The van der Waals surface area contributed by atoms with Crippen LogP contribution in [0.2, 0.25) is 0 Å². The van der Waals surface area contributed by atoms with Crippen molar-refractivity contribution in [2.75, 3.05) is 5.32 Å². The van der Waals surface area contributed by atoms with Gasteiger partial charge >= 0.3 is 0 Å². The first-order chi connectivity index (χ1) is 14.0. The van der Waals surface area contributed by atoms with Crippen LogP contribution in [0.4, 0.5) is 14.5 Å². The highest BCUT2D eigenvalue weighted by Crippen LogP contribution is 2.26. The van der Waals surface area contributed by atoms with E-state index in [-0.39, 0.29) is 11.6 Å². The minimum Gasteiger partial charge on any atom is -0.324 e. The van der Waals surface area contributed by atoms with Crippen molar-refractivity contribution in [1.29, 1.82) is 0 Å². The zero-order valence-corrected chi connectivity index (χ0v) is 15.4. The maximum atomic E-state index is 13.5. The summed E-state index contributed by atoms with van der Waals surface area (Å²) in [5.74, 6) is -2.72. The zero-order chi connectivity index (χ0) is 20.4. The van der Waals surface area contributed by atoms with Gasteiger partial charge in [0.25, 0.3) is 5.91 Å². The molecule has 3 aromatic rings. The van der Waals surface area contributed by atoms with Gasteiger partial charge in [-0.15, -0.1) is 0 Å². The molecule has 1 N–H and O–H groups in total. The number of nitrogens with zero attached hydrogens (tertiary/aromatic N) is 1. The lowest BCUT2D eigenvalue weighted by Gasteiger charge is -2.27. The average molecular weight is 392 g/mol. The number of halogens is 2. The Hall–Kier alpha value is -3.54. The lowest BCUT2D eigenvalue weighted by atomic mass is 10.0. The van der Waals surface area contributed by atoms with E-state index < -0.39 is 23.6 Å². The first kappa shape index (κ1) is 18.8. The van der Waals surface area contributed by atoms with Crippen molar-refractivity contribution in [3.05, 3.63) is 101 Å². The molecule has 0 fully saturated rings. The molecule has 0 saturated heterocycles. The van der Waals surface area contributed by atoms with Gasteiger partial charge in [0.15, 0.2) is 11.6 Å². The molecule has 1 unspecified atom stereocenters. The third kappa shape index (κ3) is 3.87. The van der Waals surface area contributed by atoms with E-state index in [1.54, 1.807) is 12.1 Å². The van der Waals surface area contributed by atoms with Crippen LogP contribution >= 0.6 is 0 Å². The Morgan fingerprint density at radius 3 is 2.41 bits per heavy atom. The molecule has 0 saturated carbocycles. The SMILES string of the molecule is O=C(Nc1ccc(F)c(F)c1)C(Cc1ccccc1)N1Cc2ccccc2C1=O. The number of carbonyl (C=O) groups is 2. The van der Waals surface area contributed by atoms with E-state index in [1.165, 1.54) is 11.0 Å². The van der Waals surface area contributed by atoms with Crippen LogP contribution in [-0.4, -0.2) is 22.8 Å². The minimum atomic E-state index is -1.05. The van der Waals surface area contributed by atoms with Crippen molar-refractivity contribution in [3.8, 4) is 0 Å². The summed E-state index contributed by atoms with van der Waals surface area (Å²) in [6, 6.07) is 19.0. The van der Waals surface area contributed by atoms with Gasteiger partial charge in [-0.1, -0.05) is 48.5 Å². The van der Waals surface area contributed by atoms with E-state index in [0.717, 1.165) is 23.3 Å². The normalized spacial score (nSPS) is 13.9. The number of fused-ring (bicyclic) bond motifs is 1. The van der Waals surface area contributed by atoms with Crippen LogP contribution < -0.4 is 5.32 Å². The van der Waals surface area contributed by atoms with E-state index in [0.29, 0.717) is 18.5 Å². The summed E-state index contributed by atoms with van der Waals surface area (Å²) in [5.41, 5.74) is 2.46. The quantitative estimate of drug-likeness (QED) is 0.709. The third-order valence-corrected chi connectivity index (χ3v) is 4.99. The van der Waals surface area contributed by atoms with Crippen LogP contribution in [0.25, 0.3) is 0 Å². The lowest BCUT2D eigenvalue weighted by Crippen LogP contribution is -2.45. The third-order valence-electron chi connectivity index (χ3n) is 4.99. The molecule has 3 aromatic carbocycles. The standard InChI is InChI=1S/C23H18F2N2O2/c24-19-11-10-17(13-20(19)25)26-22(28)21(12-15-6-2-1-3-7-15)27-14-16-8-4-5-9-18(16)23(27)29/h1-11,13,21H,12,14H2,(H,26,28). The minimum absolute atomic E-state index is 0.135. The van der Waals surface area contributed by atoms with Crippen molar-refractivity contribution in [2.24, 2.45) is 0 Å². The summed E-state index contributed by atoms with van der Waals surface area (Å²) in [6.07, 6.45) is 0.302. The first-order valence-corrected chi connectivity index (χ1v) is 9.21. The number of benzene rings is 3. The van der Waals surface area contributed by atoms with Crippen molar-refractivity contribution >= 4 is 17.5 Å². The van der Waals surface area contributed by atoms with Crippen molar-refractivity contribution in [1.82, 2.24) is 4.90 Å². The van der Waals surface area contributed by atoms with Crippen LogP contribution in [-0.2, 0) is 17.8 Å². The second-order valence-electron chi connectivity index (χ2n) is 6.91. The van der Waals surface area contributed by atoms with Crippen LogP contribution in [0.5, 0.6) is 0 Å². The number of hydrogen-bond donors (Lipinski definition) is 1. The fourth-order valence-corrected chi connectivity index (χ4v) is 3.51. The Bertz CT molecular complexity index is 1070. The maximum Gasteiger partial charge on any atom is 0.255 e. The predicted octanol–water partition coefficient (Wildman–Crippen LogP) is 4.17. The number of carbonyl (C=O) groups excluding carboxylic acids is 2. The number of nitrogens with one attached hydrogen (secondary N) is 1. The van der Waals surface area contributed by atoms with E-state index >= 15 is 0 Å². The molecule has 1 aliphatic heterocycles. The molecule has 6 heteroatoms. The van der Waals surface area contributed by atoms with Crippen molar-refractivity contribution in [2.45, 2.75) is 19.0 Å². The van der Waals surface area contributed by atoms with E-state index in [2.05, 4.69) is 5.32 Å². The van der Waals surface area contributed by atoms with Gasteiger partial charge in [-0.25, -0.2) is 8.78 Å². The van der Waals surface area contributed by atoms with Crippen LogP contribution in [0.15, 0.2) is 72.8 Å². The van der Waals surface area contributed by atoms with Crippen LogP contribution in [0, 0.1) is 11.6 Å². The second kappa shape index (κ2) is 7.83. The van der Waals surface area contributed by atoms with Gasteiger partial charge in [0.05, 0.1) is 0 Å². The summed E-state index contributed by atoms with van der Waals surface area (Å²) in [6.45, 7) is 0.317. The fourth-order valence-electron chi connectivity index (χ4n) is 3.51. The Morgan fingerprint density at radius 1 is 0.966 bits per heavy atom. The van der Waals surface area contributed by atoms with Crippen molar-refractivity contribution < 1.29 is 18.4 Å². The molecule has 0 radical (unpaired) electrons. The molecule has 0 aliphatic carbocycles. The molecular formula is C23H18F2N2O2. The monoisotopic (exact) mass is 392 g/mol. The summed E-state index contributed by atoms with van der Waals surface area (Å²) in [7, 11) is 0. The zero-order valence-electron chi connectivity index (χ0n) is 15.4. The van der Waals surface area contributed by atoms with Gasteiger partial charge in [-0.05, 0) is 29.3 Å². The Morgan fingerprint density at radius 2 is 1.69 bits per heavy atom. The summed E-state index contributed by atoms with van der Waals surface area (Å²) < 4.78 is 26.7. The molecule has 1 heterocycles.